The average molecular weight is 346 g/mol. The minimum Gasteiger partial charge on any atom is -0.305 e. The fourth-order valence-corrected chi connectivity index (χ4v) is 2.79. The largest absolute Gasteiger partial charge is 0.305 e. The van der Waals surface area contributed by atoms with Gasteiger partial charge in [0.05, 0.1) is 0 Å². The number of nitrogens with zero attached hydrogens (tertiary/aromatic N) is 5. The number of nitrogens with one attached hydrogen (secondary N) is 1. The number of pyridine rings is 2. The van der Waals surface area contributed by atoms with Gasteiger partial charge < -0.3 is 5.32 Å². The van der Waals surface area contributed by atoms with E-state index in [-0.39, 0.29) is 11.3 Å². The zero-order valence-corrected chi connectivity index (χ0v) is 13.8. The van der Waals surface area contributed by atoms with Crippen molar-refractivity contribution in [2.24, 2.45) is 0 Å². The van der Waals surface area contributed by atoms with Crippen LogP contribution in [0.5, 0.6) is 0 Å². The van der Waals surface area contributed by atoms with Gasteiger partial charge in [-0.3, -0.25) is 9.59 Å². The number of aromatic nitrogens is 5. The molecule has 0 atom stereocenters. The molecule has 128 valence electrons. The molecular weight excluding hydrogens is 332 g/mol. The summed E-state index contributed by atoms with van der Waals surface area (Å²) in [6.07, 6.45) is 4.61. The number of carbonyl (C=O) groups is 1. The lowest BCUT2D eigenvalue weighted by Crippen LogP contribution is -2.24. The smallest absolute Gasteiger partial charge is 0.275 e. The Bertz CT molecular complexity index is 1150. The molecule has 1 N–H and O–H groups in total. The van der Waals surface area contributed by atoms with Gasteiger partial charge in [-0.25, -0.2) is 19.6 Å². The van der Waals surface area contributed by atoms with Crippen LogP contribution in [0.25, 0.3) is 11.5 Å². The second-order valence-corrected chi connectivity index (χ2v) is 5.56. The van der Waals surface area contributed by atoms with E-state index in [0.717, 1.165) is 0 Å². The second kappa shape index (κ2) is 6.25. The van der Waals surface area contributed by atoms with E-state index in [2.05, 4.69) is 20.3 Å². The fraction of sp³-hybridized carbons (Fsp3) is 0.0556. The molecular formula is C18H14N6O2. The van der Waals surface area contributed by atoms with Crippen molar-refractivity contribution in [3.05, 3.63) is 82.7 Å². The monoisotopic (exact) mass is 346 g/mol. The molecule has 8 nitrogen and oxygen atoms in total. The molecule has 4 rings (SSSR count). The lowest BCUT2D eigenvalue weighted by molar-refractivity contribution is 0.101. The first kappa shape index (κ1) is 15.7. The summed E-state index contributed by atoms with van der Waals surface area (Å²) in [7, 11) is 0. The Morgan fingerprint density at radius 2 is 1.73 bits per heavy atom. The quantitative estimate of drug-likeness (QED) is 0.611. The lowest BCUT2D eigenvalue weighted by atomic mass is 10.2. The summed E-state index contributed by atoms with van der Waals surface area (Å²) >= 11 is 0. The molecule has 0 radical (unpaired) electrons. The van der Waals surface area contributed by atoms with E-state index in [1.165, 1.54) is 21.5 Å². The number of hydrogen-bond donors (Lipinski definition) is 1. The number of rotatable bonds is 3. The number of amides is 1. The highest BCUT2D eigenvalue weighted by molar-refractivity contribution is 6.05. The summed E-state index contributed by atoms with van der Waals surface area (Å²) in [5.74, 6) is 0.443. The summed E-state index contributed by atoms with van der Waals surface area (Å²) in [5, 5.41) is 2.75. The Balaban J connectivity index is 1.97. The Morgan fingerprint density at radius 3 is 2.42 bits per heavy atom. The zero-order chi connectivity index (χ0) is 18.1. The van der Waals surface area contributed by atoms with Crippen LogP contribution >= 0.6 is 0 Å². The van der Waals surface area contributed by atoms with E-state index in [0.29, 0.717) is 22.8 Å². The van der Waals surface area contributed by atoms with Gasteiger partial charge in [-0.1, -0.05) is 12.1 Å². The third kappa shape index (κ3) is 2.53. The van der Waals surface area contributed by atoms with E-state index < -0.39 is 5.91 Å². The van der Waals surface area contributed by atoms with Crippen LogP contribution in [0.15, 0.2) is 65.8 Å². The number of fused-ring (bicyclic) bond motifs is 1. The van der Waals surface area contributed by atoms with Crippen molar-refractivity contribution in [1.29, 1.82) is 0 Å². The standard InChI is InChI=1S/C18H14N6O2/c1-12-16(18(26)22-13-6-2-4-9-19-13)23(14-7-3-5-10-20-14)24-15(25)8-11-21-17(12)24/h2-11H,1H3,(H,19,22,26). The molecule has 0 spiro atoms. The highest BCUT2D eigenvalue weighted by Gasteiger charge is 2.24. The molecule has 0 aliphatic carbocycles. The van der Waals surface area contributed by atoms with Crippen LogP contribution < -0.4 is 10.9 Å². The maximum atomic E-state index is 13.0. The molecule has 0 aliphatic heterocycles. The summed E-state index contributed by atoms with van der Waals surface area (Å²) < 4.78 is 2.81. The summed E-state index contributed by atoms with van der Waals surface area (Å²) in [4.78, 5) is 38.1. The van der Waals surface area contributed by atoms with Crippen LogP contribution in [0.1, 0.15) is 16.1 Å². The van der Waals surface area contributed by atoms with Crippen LogP contribution in [0.3, 0.4) is 0 Å². The van der Waals surface area contributed by atoms with Gasteiger partial charge in [0, 0.05) is 30.2 Å². The summed E-state index contributed by atoms with van der Waals surface area (Å²) in [6, 6.07) is 11.8. The molecule has 0 aliphatic rings. The third-order valence-electron chi connectivity index (χ3n) is 3.91. The second-order valence-electron chi connectivity index (χ2n) is 5.56. The predicted octanol–water partition coefficient (Wildman–Crippen LogP) is 1.84. The van der Waals surface area contributed by atoms with Gasteiger partial charge in [-0.15, -0.1) is 0 Å². The maximum absolute atomic E-state index is 13.0. The van der Waals surface area contributed by atoms with Crippen LogP contribution in [0, 0.1) is 6.92 Å². The predicted molar refractivity (Wildman–Crippen MR) is 95.5 cm³/mol. The number of anilines is 1. The van der Waals surface area contributed by atoms with Crippen molar-refractivity contribution in [1.82, 2.24) is 24.1 Å². The van der Waals surface area contributed by atoms with Crippen molar-refractivity contribution in [2.45, 2.75) is 6.92 Å². The molecule has 0 bridgehead atoms. The van der Waals surface area contributed by atoms with Crippen molar-refractivity contribution in [2.75, 3.05) is 5.32 Å². The molecule has 0 fully saturated rings. The van der Waals surface area contributed by atoms with Crippen LogP contribution in [0.2, 0.25) is 0 Å². The SMILES string of the molecule is Cc1c(C(=O)Nc2ccccn2)n(-c2ccccn2)n2c(=O)ccnc12. The number of hydrogen-bond acceptors (Lipinski definition) is 5. The molecule has 4 aromatic heterocycles. The van der Waals surface area contributed by atoms with Crippen molar-refractivity contribution < 1.29 is 4.79 Å². The highest BCUT2D eigenvalue weighted by Crippen LogP contribution is 2.19. The molecule has 0 saturated carbocycles. The summed E-state index contributed by atoms with van der Waals surface area (Å²) in [6.45, 7) is 1.74. The molecule has 26 heavy (non-hydrogen) atoms. The molecule has 0 saturated heterocycles. The summed E-state index contributed by atoms with van der Waals surface area (Å²) in [5.41, 5.74) is 0.932. The number of aryl methyl sites for hydroxylation is 1. The average Bonchev–Trinajstić information content (AvgIpc) is 2.97. The van der Waals surface area contributed by atoms with Gasteiger partial charge in [-0.2, -0.15) is 4.52 Å². The van der Waals surface area contributed by atoms with Crippen LogP contribution in [0.4, 0.5) is 5.82 Å². The number of carbonyl (C=O) groups excluding carboxylic acids is 1. The molecule has 8 heteroatoms. The van der Waals surface area contributed by atoms with Crippen LogP contribution in [-0.4, -0.2) is 30.1 Å². The zero-order valence-electron chi connectivity index (χ0n) is 13.8. The first-order valence-corrected chi connectivity index (χ1v) is 7.90. The van der Waals surface area contributed by atoms with E-state index >= 15 is 0 Å². The van der Waals surface area contributed by atoms with Gasteiger partial charge in [-0.05, 0) is 31.2 Å². The minimum absolute atomic E-state index is 0.269. The Morgan fingerprint density at radius 1 is 0.962 bits per heavy atom. The molecule has 0 unspecified atom stereocenters. The molecule has 4 aromatic rings. The van der Waals surface area contributed by atoms with Gasteiger partial charge in [0.25, 0.3) is 11.5 Å². The van der Waals surface area contributed by atoms with E-state index in [9.17, 15) is 9.59 Å². The lowest BCUT2D eigenvalue weighted by Gasteiger charge is -2.10. The normalized spacial score (nSPS) is 10.8. The topological polar surface area (TPSA) is 94.2 Å². The highest BCUT2D eigenvalue weighted by atomic mass is 16.2. The maximum Gasteiger partial charge on any atom is 0.275 e. The fourth-order valence-electron chi connectivity index (χ4n) is 2.79. The Labute approximate surface area is 147 Å². The first-order chi connectivity index (χ1) is 12.7. The molecule has 1 amide bonds. The van der Waals surface area contributed by atoms with Crippen molar-refractivity contribution >= 4 is 17.4 Å². The van der Waals surface area contributed by atoms with Gasteiger partial charge in [0.1, 0.15) is 11.5 Å². The molecule has 4 heterocycles. The van der Waals surface area contributed by atoms with Crippen LogP contribution in [-0.2, 0) is 0 Å². The van der Waals surface area contributed by atoms with E-state index in [1.54, 1.807) is 55.7 Å². The van der Waals surface area contributed by atoms with E-state index in [1.807, 2.05) is 0 Å². The Hall–Kier alpha value is -3.81. The van der Waals surface area contributed by atoms with Crippen molar-refractivity contribution in [3.63, 3.8) is 0 Å². The van der Waals surface area contributed by atoms with E-state index in [4.69, 9.17) is 0 Å². The van der Waals surface area contributed by atoms with Gasteiger partial charge in [0.15, 0.2) is 11.5 Å². The molecule has 0 aromatic carbocycles. The van der Waals surface area contributed by atoms with Crippen molar-refractivity contribution in [3.8, 4) is 5.82 Å². The first-order valence-electron chi connectivity index (χ1n) is 7.90. The minimum atomic E-state index is -0.406. The van der Waals surface area contributed by atoms with Gasteiger partial charge >= 0.3 is 0 Å². The van der Waals surface area contributed by atoms with Gasteiger partial charge in [0.2, 0.25) is 0 Å². The Kier molecular flexibility index (Phi) is 3.77. The third-order valence-corrected chi connectivity index (χ3v) is 3.91.